The van der Waals surface area contributed by atoms with Crippen LogP contribution in [0.2, 0.25) is 0 Å². The van der Waals surface area contributed by atoms with Crippen molar-refractivity contribution in [3.05, 3.63) is 59.9 Å². The van der Waals surface area contributed by atoms with Crippen molar-refractivity contribution in [3.63, 3.8) is 0 Å². The molecule has 0 spiro atoms. The third kappa shape index (κ3) is 3.52. The van der Waals surface area contributed by atoms with Crippen LogP contribution in [-0.2, 0) is 18.3 Å². The van der Waals surface area contributed by atoms with Crippen LogP contribution in [0.5, 0.6) is 0 Å². The van der Waals surface area contributed by atoms with Crippen molar-refractivity contribution in [1.82, 2.24) is 15.1 Å². The number of benzene rings is 1. The molecule has 3 rings (SSSR count). The highest BCUT2D eigenvalue weighted by Gasteiger charge is 2.25. The quantitative estimate of drug-likeness (QED) is 0.794. The Morgan fingerprint density at radius 1 is 1.46 bits per heavy atom. The maximum absolute atomic E-state index is 12.6. The number of aliphatic hydroxyl groups excluding tert-OH is 1. The van der Waals surface area contributed by atoms with E-state index in [-0.39, 0.29) is 18.4 Å². The van der Waals surface area contributed by atoms with Crippen molar-refractivity contribution in [3.8, 4) is 0 Å². The Hall–Kier alpha value is -2.93. The molecule has 1 aliphatic rings. The van der Waals surface area contributed by atoms with Gasteiger partial charge in [-0.25, -0.2) is 0 Å². The molecule has 1 aromatic carbocycles. The zero-order chi connectivity index (χ0) is 18.7. The smallest absolute Gasteiger partial charge is 0.251 e. The van der Waals surface area contributed by atoms with Gasteiger partial charge in [0.2, 0.25) is 5.91 Å². The number of amides is 2. The molecule has 2 heterocycles. The summed E-state index contributed by atoms with van der Waals surface area (Å²) in [5.41, 5.74) is 2.78. The van der Waals surface area contributed by atoms with Crippen LogP contribution in [-0.4, -0.2) is 39.8 Å². The molecule has 2 N–H and O–H groups in total. The molecule has 1 aromatic heterocycles. The maximum atomic E-state index is 12.6. The number of carbonyl (C=O) groups excluding carboxylic acids is 2. The van der Waals surface area contributed by atoms with E-state index < -0.39 is 6.10 Å². The predicted octanol–water partition coefficient (Wildman–Crippen LogP) is 1.35. The molecule has 26 heavy (non-hydrogen) atoms. The molecule has 0 fully saturated rings. The van der Waals surface area contributed by atoms with Crippen LogP contribution in [0.25, 0.3) is 0 Å². The third-order valence-electron chi connectivity index (χ3n) is 4.50. The summed E-state index contributed by atoms with van der Waals surface area (Å²) < 4.78 is 1.60. The van der Waals surface area contributed by atoms with Gasteiger partial charge in [-0.05, 0) is 36.6 Å². The molecule has 2 amide bonds. The molecule has 7 nitrogen and oxygen atoms in total. The van der Waals surface area contributed by atoms with E-state index in [1.165, 1.54) is 6.08 Å². The lowest BCUT2D eigenvalue weighted by Crippen LogP contribution is -2.36. The normalized spacial score (nSPS) is 14.5. The highest BCUT2D eigenvalue weighted by atomic mass is 16.3. The van der Waals surface area contributed by atoms with Gasteiger partial charge in [0.1, 0.15) is 0 Å². The van der Waals surface area contributed by atoms with Crippen LogP contribution in [0.3, 0.4) is 0 Å². The minimum absolute atomic E-state index is 0.0868. The summed E-state index contributed by atoms with van der Waals surface area (Å²) in [6, 6.07) is 5.35. The molecule has 1 unspecified atom stereocenters. The Morgan fingerprint density at radius 2 is 2.27 bits per heavy atom. The fourth-order valence-electron chi connectivity index (χ4n) is 3.19. The van der Waals surface area contributed by atoms with Crippen LogP contribution in [0.1, 0.15) is 34.0 Å². The Bertz CT molecular complexity index is 843. The first-order valence-electron chi connectivity index (χ1n) is 8.52. The molecule has 1 aliphatic heterocycles. The van der Waals surface area contributed by atoms with Crippen LogP contribution >= 0.6 is 0 Å². The molecule has 0 aliphatic carbocycles. The number of rotatable bonds is 5. The molecule has 0 saturated heterocycles. The number of aromatic nitrogens is 2. The minimum Gasteiger partial charge on any atom is -0.386 e. The van der Waals surface area contributed by atoms with E-state index >= 15 is 0 Å². The second-order valence-electron chi connectivity index (χ2n) is 6.27. The van der Waals surface area contributed by atoms with Gasteiger partial charge < -0.3 is 15.3 Å². The topological polar surface area (TPSA) is 87.5 Å². The average Bonchev–Trinajstić information content (AvgIpc) is 3.10. The van der Waals surface area contributed by atoms with Crippen molar-refractivity contribution in [2.24, 2.45) is 7.05 Å². The molecule has 136 valence electrons. The summed E-state index contributed by atoms with van der Waals surface area (Å²) in [5, 5.41) is 17.0. The van der Waals surface area contributed by atoms with Gasteiger partial charge in [0.25, 0.3) is 5.91 Å². The van der Waals surface area contributed by atoms with E-state index in [1.54, 1.807) is 41.2 Å². The monoisotopic (exact) mass is 354 g/mol. The van der Waals surface area contributed by atoms with E-state index in [0.29, 0.717) is 17.7 Å². The zero-order valence-corrected chi connectivity index (χ0v) is 14.7. The maximum Gasteiger partial charge on any atom is 0.251 e. The average molecular weight is 354 g/mol. The lowest BCUT2D eigenvalue weighted by molar-refractivity contribution is -0.114. The first-order valence-corrected chi connectivity index (χ1v) is 8.52. The van der Waals surface area contributed by atoms with E-state index in [1.807, 2.05) is 6.07 Å². The van der Waals surface area contributed by atoms with Crippen LogP contribution in [0.4, 0.5) is 5.69 Å². The summed E-state index contributed by atoms with van der Waals surface area (Å²) in [7, 11) is 1.77. The van der Waals surface area contributed by atoms with Gasteiger partial charge in [0.15, 0.2) is 0 Å². The van der Waals surface area contributed by atoms with E-state index in [2.05, 4.69) is 17.0 Å². The van der Waals surface area contributed by atoms with Gasteiger partial charge >= 0.3 is 0 Å². The van der Waals surface area contributed by atoms with Gasteiger partial charge in [0.05, 0.1) is 12.3 Å². The lowest BCUT2D eigenvalue weighted by Gasteiger charge is -2.29. The fraction of sp³-hybridized carbons (Fsp3) is 0.316. The molecule has 2 aromatic rings. The summed E-state index contributed by atoms with van der Waals surface area (Å²) in [6.45, 7) is 4.24. The Kier molecular flexibility index (Phi) is 5.18. The number of fused-ring (bicyclic) bond motifs is 1. The molecule has 7 heteroatoms. The molecule has 0 radical (unpaired) electrons. The first-order chi connectivity index (χ1) is 12.5. The van der Waals surface area contributed by atoms with Crippen molar-refractivity contribution >= 4 is 17.5 Å². The summed E-state index contributed by atoms with van der Waals surface area (Å²) >= 11 is 0. The SMILES string of the molecule is C=CC(=O)N1CCCc2c(C(=O)NCC(O)c3cnn(C)c3)cccc21. The van der Waals surface area contributed by atoms with E-state index in [4.69, 9.17) is 0 Å². The Morgan fingerprint density at radius 3 is 2.96 bits per heavy atom. The number of anilines is 1. The Labute approximate surface area is 151 Å². The number of nitrogens with zero attached hydrogens (tertiary/aromatic N) is 3. The lowest BCUT2D eigenvalue weighted by atomic mass is 9.95. The van der Waals surface area contributed by atoms with E-state index in [9.17, 15) is 14.7 Å². The summed E-state index contributed by atoms with van der Waals surface area (Å²) in [4.78, 5) is 26.3. The highest BCUT2D eigenvalue weighted by molar-refractivity contribution is 6.04. The standard InChI is InChI=1S/C19H22N4O3/c1-3-18(25)23-9-5-7-14-15(6-4-8-16(14)23)19(26)20-11-17(24)13-10-21-22(2)12-13/h3-4,6,8,10,12,17,24H,1,5,7,9,11H2,2H3,(H,20,26). The summed E-state index contributed by atoms with van der Waals surface area (Å²) in [6.07, 6.45) is 5.25. The first kappa shape index (κ1) is 17.9. The summed E-state index contributed by atoms with van der Waals surface area (Å²) in [5.74, 6) is -0.437. The largest absolute Gasteiger partial charge is 0.386 e. The molecule has 0 saturated carbocycles. The number of hydrogen-bond donors (Lipinski definition) is 2. The van der Waals surface area contributed by atoms with Crippen LogP contribution < -0.4 is 10.2 Å². The number of aryl methyl sites for hydroxylation is 1. The van der Waals surface area contributed by atoms with Gasteiger partial charge in [-0.15, -0.1) is 0 Å². The van der Waals surface area contributed by atoms with Crippen molar-refractivity contribution in [2.75, 3.05) is 18.0 Å². The van der Waals surface area contributed by atoms with E-state index in [0.717, 1.165) is 24.1 Å². The molecular weight excluding hydrogens is 332 g/mol. The highest BCUT2D eigenvalue weighted by Crippen LogP contribution is 2.30. The van der Waals surface area contributed by atoms with Crippen LogP contribution in [0.15, 0.2) is 43.2 Å². The number of aliphatic hydroxyl groups is 1. The van der Waals surface area contributed by atoms with Gasteiger partial charge in [0, 0.05) is 43.1 Å². The minimum atomic E-state index is -0.828. The second kappa shape index (κ2) is 7.53. The zero-order valence-electron chi connectivity index (χ0n) is 14.7. The Balaban J connectivity index is 1.76. The predicted molar refractivity (Wildman–Crippen MR) is 97.8 cm³/mol. The van der Waals surface area contributed by atoms with Crippen molar-refractivity contribution in [1.29, 1.82) is 0 Å². The number of carbonyl (C=O) groups is 2. The molecular formula is C19H22N4O3. The molecule has 1 atom stereocenters. The molecule has 0 bridgehead atoms. The number of nitrogens with one attached hydrogen (secondary N) is 1. The van der Waals surface area contributed by atoms with Gasteiger partial charge in [-0.3, -0.25) is 14.3 Å². The van der Waals surface area contributed by atoms with Crippen molar-refractivity contribution in [2.45, 2.75) is 18.9 Å². The second-order valence-corrected chi connectivity index (χ2v) is 6.27. The third-order valence-corrected chi connectivity index (χ3v) is 4.50. The van der Waals surface area contributed by atoms with Crippen LogP contribution in [0, 0.1) is 0 Å². The number of hydrogen-bond acceptors (Lipinski definition) is 4. The fourth-order valence-corrected chi connectivity index (χ4v) is 3.19. The van der Waals surface area contributed by atoms with Gasteiger partial charge in [-0.2, -0.15) is 5.10 Å². The van der Waals surface area contributed by atoms with Gasteiger partial charge in [-0.1, -0.05) is 12.6 Å². The van der Waals surface area contributed by atoms with Crippen molar-refractivity contribution < 1.29 is 14.7 Å².